The Balaban J connectivity index is 1.14. The molecule has 0 atom stereocenters. The van der Waals surface area contributed by atoms with Crippen LogP contribution in [-0.2, 0) is 0 Å². The summed E-state index contributed by atoms with van der Waals surface area (Å²) in [5.74, 6) is 1.93. The molecule has 0 bridgehead atoms. The fourth-order valence-electron chi connectivity index (χ4n) is 6.99. The van der Waals surface area contributed by atoms with Crippen LogP contribution in [0.25, 0.3) is 99.5 Å². The van der Waals surface area contributed by atoms with Gasteiger partial charge in [0.15, 0.2) is 17.5 Å². The average Bonchev–Trinajstić information content (AvgIpc) is 3.56. The Morgan fingerprint density at radius 1 is 0.327 bits per heavy atom. The van der Waals surface area contributed by atoms with E-state index in [1.54, 1.807) is 0 Å². The van der Waals surface area contributed by atoms with E-state index in [4.69, 9.17) is 19.4 Å². The van der Waals surface area contributed by atoms with Crippen LogP contribution in [0.4, 0.5) is 0 Å². The molecule has 0 radical (unpaired) electrons. The van der Waals surface area contributed by atoms with Crippen molar-refractivity contribution in [3.8, 4) is 45.3 Å². The van der Waals surface area contributed by atoms with E-state index in [1.807, 2.05) is 18.2 Å². The molecule has 0 amide bonds. The Hall–Kier alpha value is -6.65. The zero-order valence-electron chi connectivity index (χ0n) is 26.3. The van der Waals surface area contributed by atoms with Gasteiger partial charge in [-0.25, -0.2) is 15.0 Å². The monoisotopic (exact) mass is 625 g/mol. The second kappa shape index (κ2) is 11.0. The highest BCUT2D eigenvalue weighted by Crippen LogP contribution is 2.38. The van der Waals surface area contributed by atoms with Crippen molar-refractivity contribution in [2.75, 3.05) is 0 Å². The number of rotatable bonds is 4. The standard InChI is InChI=1S/C45H27N3O/c1-3-10-31-24-34(21-17-28(31)8-1)43-46-44(35-22-18-29-9-2-4-11-32(29)25-35)48-45(47-43)36-23-19-30-16-20-33(26-37(30)27-36)38-13-7-15-41-42(38)39-12-5-6-14-40(39)49-41/h1-27H. The summed E-state index contributed by atoms with van der Waals surface area (Å²) in [5.41, 5.74) is 6.90. The van der Waals surface area contributed by atoms with Gasteiger partial charge in [0.05, 0.1) is 0 Å². The molecule has 8 aromatic carbocycles. The second-order valence-corrected chi connectivity index (χ2v) is 12.5. The maximum atomic E-state index is 6.20. The first-order valence-electron chi connectivity index (χ1n) is 16.4. The molecule has 4 nitrogen and oxygen atoms in total. The highest BCUT2D eigenvalue weighted by atomic mass is 16.3. The van der Waals surface area contributed by atoms with Crippen molar-refractivity contribution in [3.05, 3.63) is 164 Å². The Bertz CT molecular complexity index is 2810. The number of nitrogens with zero attached hydrogens (tertiary/aromatic N) is 3. The van der Waals surface area contributed by atoms with E-state index < -0.39 is 0 Å². The van der Waals surface area contributed by atoms with Crippen molar-refractivity contribution < 1.29 is 4.42 Å². The average molecular weight is 626 g/mol. The molecule has 0 saturated carbocycles. The van der Waals surface area contributed by atoms with E-state index in [0.717, 1.165) is 71.3 Å². The molecule has 4 heteroatoms. The van der Waals surface area contributed by atoms with Gasteiger partial charge in [-0.05, 0) is 79.8 Å². The quantitative estimate of drug-likeness (QED) is 0.195. The third-order valence-electron chi connectivity index (χ3n) is 9.46. The molecular formula is C45H27N3O. The van der Waals surface area contributed by atoms with Crippen LogP contribution in [0.5, 0.6) is 0 Å². The lowest BCUT2D eigenvalue weighted by Gasteiger charge is -2.11. The highest BCUT2D eigenvalue weighted by Gasteiger charge is 2.15. The third-order valence-corrected chi connectivity index (χ3v) is 9.46. The molecule has 0 unspecified atom stereocenters. The number of para-hydroxylation sites is 1. The van der Waals surface area contributed by atoms with Crippen LogP contribution in [0, 0.1) is 0 Å². The Labute approximate surface area is 282 Å². The van der Waals surface area contributed by atoms with Crippen LogP contribution >= 0.6 is 0 Å². The van der Waals surface area contributed by atoms with E-state index in [2.05, 4.69) is 146 Å². The van der Waals surface area contributed by atoms with E-state index in [9.17, 15) is 0 Å². The zero-order valence-corrected chi connectivity index (χ0v) is 26.3. The molecule has 10 rings (SSSR count). The first-order chi connectivity index (χ1) is 24.2. The van der Waals surface area contributed by atoms with E-state index in [1.165, 1.54) is 10.8 Å². The van der Waals surface area contributed by atoms with Gasteiger partial charge in [0.1, 0.15) is 11.2 Å². The topological polar surface area (TPSA) is 51.8 Å². The summed E-state index contributed by atoms with van der Waals surface area (Å²) in [6.45, 7) is 0. The van der Waals surface area contributed by atoms with Crippen molar-refractivity contribution in [3.63, 3.8) is 0 Å². The summed E-state index contributed by atoms with van der Waals surface area (Å²) < 4.78 is 6.20. The molecule has 2 heterocycles. The van der Waals surface area contributed by atoms with Crippen LogP contribution in [0.1, 0.15) is 0 Å². The normalized spacial score (nSPS) is 11.7. The van der Waals surface area contributed by atoms with E-state index >= 15 is 0 Å². The summed E-state index contributed by atoms with van der Waals surface area (Å²) in [6.07, 6.45) is 0. The lowest BCUT2D eigenvalue weighted by atomic mass is 9.96. The van der Waals surface area contributed by atoms with Gasteiger partial charge in [-0.3, -0.25) is 0 Å². The molecule has 0 aliphatic heterocycles. The maximum absolute atomic E-state index is 6.20. The first-order valence-corrected chi connectivity index (χ1v) is 16.4. The number of hydrogen-bond acceptors (Lipinski definition) is 4. The molecule has 2 aromatic heterocycles. The second-order valence-electron chi connectivity index (χ2n) is 12.5. The summed E-state index contributed by atoms with van der Waals surface area (Å²) in [4.78, 5) is 15.2. The number of hydrogen-bond donors (Lipinski definition) is 0. The molecular weight excluding hydrogens is 599 g/mol. The van der Waals surface area contributed by atoms with Gasteiger partial charge in [-0.15, -0.1) is 0 Å². The molecule has 228 valence electrons. The number of aromatic nitrogens is 3. The van der Waals surface area contributed by atoms with Crippen LogP contribution in [-0.4, -0.2) is 15.0 Å². The Morgan fingerprint density at radius 2 is 0.776 bits per heavy atom. The molecule has 10 aromatic rings. The Morgan fingerprint density at radius 3 is 1.39 bits per heavy atom. The first kappa shape index (κ1) is 27.5. The van der Waals surface area contributed by atoms with Gasteiger partial charge >= 0.3 is 0 Å². The van der Waals surface area contributed by atoms with E-state index in [0.29, 0.717) is 17.5 Å². The minimum atomic E-state index is 0.636. The smallest absolute Gasteiger partial charge is 0.164 e. The van der Waals surface area contributed by atoms with Gasteiger partial charge in [-0.1, -0.05) is 127 Å². The van der Waals surface area contributed by atoms with Crippen LogP contribution < -0.4 is 0 Å². The summed E-state index contributed by atoms with van der Waals surface area (Å²) in [5, 5.41) is 9.16. The van der Waals surface area contributed by atoms with E-state index in [-0.39, 0.29) is 0 Å². The fourth-order valence-corrected chi connectivity index (χ4v) is 6.99. The zero-order chi connectivity index (χ0) is 32.3. The number of furan rings is 1. The largest absolute Gasteiger partial charge is 0.456 e. The van der Waals surface area contributed by atoms with Crippen molar-refractivity contribution in [2.24, 2.45) is 0 Å². The fraction of sp³-hybridized carbons (Fsp3) is 0. The predicted octanol–water partition coefficient (Wildman–Crippen LogP) is 11.9. The van der Waals surface area contributed by atoms with Crippen LogP contribution in [0.3, 0.4) is 0 Å². The summed E-state index contributed by atoms with van der Waals surface area (Å²) >= 11 is 0. The van der Waals surface area contributed by atoms with Gasteiger partial charge in [0, 0.05) is 27.5 Å². The minimum Gasteiger partial charge on any atom is -0.456 e. The van der Waals surface area contributed by atoms with Gasteiger partial charge in [-0.2, -0.15) is 0 Å². The SMILES string of the molecule is c1ccc2cc(-c3nc(-c4ccc5ccccc5c4)nc(-c4ccc5ccc(-c6cccc7oc8ccccc8c67)cc5c4)n3)ccc2c1. The molecule has 0 fully saturated rings. The number of fused-ring (bicyclic) bond motifs is 6. The lowest BCUT2D eigenvalue weighted by molar-refractivity contribution is 0.669. The van der Waals surface area contributed by atoms with Crippen molar-refractivity contribution in [1.82, 2.24) is 15.0 Å². The van der Waals surface area contributed by atoms with Gasteiger partial charge in [0.2, 0.25) is 0 Å². The maximum Gasteiger partial charge on any atom is 0.164 e. The van der Waals surface area contributed by atoms with Gasteiger partial charge < -0.3 is 4.42 Å². The van der Waals surface area contributed by atoms with Crippen LogP contribution in [0.15, 0.2) is 168 Å². The summed E-state index contributed by atoms with van der Waals surface area (Å²) in [7, 11) is 0. The van der Waals surface area contributed by atoms with Crippen molar-refractivity contribution >= 4 is 54.3 Å². The highest BCUT2D eigenvalue weighted by molar-refractivity contribution is 6.13. The molecule has 49 heavy (non-hydrogen) atoms. The molecule has 0 spiro atoms. The van der Waals surface area contributed by atoms with Crippen molar-refractivity contribution in [2.45, 2.75) is 0 Å². The molecule has 0 saturated heterocycles. The molecule has 0 aliphatic carbocycles. The third kappa shape index (κ3) is 4.73. The van der Waals surface area contributed by atoms with Gasteiger partial charge in [0.25, 0.3) is 0 Å². The Kier molecular flexibility index (Phi) is 6.15. The lowest BCUT2D eigenvalue weighted by Crippen LogP contribution is -2.00. The predicted molar refractivity (Wildman–Crippen MR) is 201 cm³/mol. The molecule has 0 aliphatic rings. The number of benzene rings is 8. The van der Waals surface area contributed by atoms with Crippen LogP contribution in [0.2, 0.25) is 0 Å². The molecule has 0 N–H and O–H groups in total. The van der Waals surface area contributed by atoms with Crippen molar-refractivity contribution in [1.29, 1.82) is 0 Å². The minimum absolute atomic E-state index is 0.636. The summed E-state index contributed by atoms with van der Waals surface area (Å²) in [6, 6.07) is 57.1.